The Morgan fingerprint density at radius 3 is 2.58 bits per heavy atom. The Bertz CT molecular complexity index is 2040. The molecule has 1 unspecified atom stereocenters. The van der Waals surface area contributed by atoms with Crippen LogP contribution in [0.15, 0.2) is 72.9 Å². The van der Waals surface area contributed by atoms with Gasteiger partial charge in [0.15, 0.2) is 11.8 Å². The number of methoxy groups -OCH3 is 1. The number of ether oxygens (including phenoxy) is 3. The third-order valence-corrected chi connectivity index (χ3v) is 15.7. The number of amides is 2. The molecule has 12 nitrogen and oxygen atoms in total. The summed E-state index contributed by atoms with van der Waals surface area (Å²) in [6.45, 7) is 8.86. The standard InChI is InChI=1S/C39H44ClN5O7Si/c1-24-37(53(4,5)31-12-10-30(50-3)11-13-31)34(15-17-43-23-28(16-18-46)41-42-43)52-39(24)32-20-27(40)9-14-33(32)44(38(39)49)22-26-7-6-8-29(19-26)45-35(48)21-36(45)51-25(2)47/h6-14,19-20,23-24,34,36-37,46H,15-18,21-22H2,1-5H3/t24-,34+,36?,37-,39+/m1/s1. The van der Waals surface area contributed by atoms with Gasteiger partial charge in [-0.05, 0) is 60.0 Å². The summed E-state index contributed by atoms with van der Waals surface area (Å²) in [6.07, 6.45) is 2.01. The fourth-order valence-corrected chi connectivity index (χ4v) is 12.9. The Morgan fingerprint density at radius 2 is 1.89 bits per heavy atom. The second-order valence-electron chi connectivity index (χ2n) is 14.6. The number of halogens is 1. The van der Waals surface area contributed by atoms with E-state index in [1.807, 2.05) is 48.7 Å². The van der Waals surface area contributed by atoms with Gasteiger partial charge in [0.25, 0.3) is 5.91 Å². The summed E-state index contributed by atoms with van der Waals surface area (Å²) in [5.41, 5.74) is 2.27. The molecule has 7 rings (SSSR count). The van der Waals surface area contributed by atoms with Crippen molar-refractivity contribution in [3.8, 4) is 5.75 Å². The predicted molar refractivity (Wildman–Crippen MR) is 202 cm³/mol. The van der Waals surface area contributed by atoms with Gasteiger partial charge in [0.1, 0.15) is 5.75 Å². The number of anilines is 2. The first-order chi connectivity index (χ1) is 25.4. The number of benzene rings is 3. The first-order valence-corrected chi connectivity index (χ1v) is 21.3. The Balaban J connectivity index is 1.25. The summed E-state index contributed by atoms with van der Waals surface area (Å²) in [7, 11) is -0.733. The lowest BCUT2D eigenvalue weighted by atomic mass is 9.82. The molecule has 1 spiro atoms. The summed E-state index contributed by atoms with van der Waals surface area (Å²) in [5, 5.41) is 19.6. The molecule has 2 saturated heterocycles. The maximum atomic E-state index is 15.2. The lowest BCUT2D eigenvalue weighted by Crippen LogP contribution is -2.54. The minimum atomic E-state index is -2.39. The van der Waals surface area contributed by atoms with Crippen molar-refractivity contribution >= 4 is 54.0 Å². The lowest BCUT2D eigenvalue weighted by Gasteiger charge is -2.39. The molecule has 2 amide bonds. The average molecular weight is 758 g/mol. The zero-order valence-corrected chi connectivity index (χ0v) is 32.2. The van der Waals surface area contributed by atoms with Crippen LogP contribution < -0.4 is 19.7 Å². The molecule has 0 radical (unpaired) electrons. The number of carbonyl (C=O) groups excluding carboxylic acids is 3. The van der Waals surface area contributed by atoms with Crippen molar-refractivity contribution < 1.29 is 33.7 Å². The Hall–Kier alpha value is -4.56. The highest BCUT2D eigenvalue weighted by Gasteiger charge is 2.66. The maximum Gasteiger partial charge on any atom is 0.304 e. The van der Waals surface area contributed by atoms with Gasteiger partial charge in [-0.15, -0.1) is 5.10 Å². The van der Waals surface area contributed by atoms with E-state index in [1.165, 1.54) is 17.0 Å². The van der Waals surface area contributed by atoms with E-state index in [1.54, 1.807) is 28.8 Å². The first kappa shape index (κ1) is 36.8. The van der Waals surface area contributed by atoms with Crippen molar-refractivity contribution in [3.63, 3.8) is 0 Å². The van der Waals surface area contributed by atoms with Crippen molar-refractivity contribution in [2.24, 2.45) is 5.92 Å². The van der Waals surface area contributed by atoms with Gasteiger partial charge in [-0.3, -0.25) is 24.0 Å². The van der Waals surface area contributed by atoms with Crippen LogP contribution in [-0.4, -0.2) is 72.0 Å². The van der Waals surface area contributed by atoms with Gasteiger partial charge in [0.05, 0.1) is 45.6 Å². The minimum Gasteiger partial charge on any atom is -0.497 e. The van der Waals surface area contributed by atoms with Crippen LogP contribution in [0.25, 0.3) is 0 Å². The van der Waals surface area contributed by atoms with Gasteiger partial charge >= 0.3 is 5.97 Å². The fourth-order valence-electron chi connectivity index (χ4n) is 8.62. The van der Waals surface area contributed by atoms with Crippen molar-refractivity contribution in [2.45, 2.75) is 82.8 Å². The summed E-state index contributed by atoms with van der Waals surface area (Å²) < 4.78 is 19.8. The molecule has 4 aromatic rings. The molecule has 3 aliphatic rings. The second-order valence-corrected chi connectivity index (χ2v) is 19.8. The molecule has 0 saturated carbocycles. The number of β-lactam (4-membered cyclic amide) rings is 1. The predicted octanol–water partition coefficient (Wildman–Crippen LogP) is 4.95. The van der Waals surface area contributed by atoms with E-state index in [0.29, 0.717) is 35.8 Å². The molecular weight excluding hydrogens is 714 g/mol. The number of aryl methyl sites for hydroxylation is 1. The molecule has 2 fully saturated rings. The first-order valence-electron chi connectivity index (χ1n) is 17.9. The van der Waals surface area contributed by atoms with E-state index in [-0.39, 0.29) is 48.9 Å². The Morgan fingerprint density at radius 1 is 1.11 bits per heavy atom. The van der Waals surface area contributed by atoms with Crippen LogP contribution in [0.3, 0.4) is 0 Å². The number of hydrogen-bond acceptors (Lipinski definition) is 9. The number of rotatable bonds is 12. The topological polar surface area (TPSA) is 136 Å². The molecule has 53 heavy (non-hydrogen) atoms. The van der Waals surface area contributed by atoms with Gasteiger partial charge in [-0.1, -0.05) is 66.3 Å². The van der Waals surface area contributed by atoms with Crippen LogP contribution in [0.1, 0.15) is 43.5 Å². The zero-order chi connectivity index (χ0) is 37.7. The minimum absolute atomic E-state index is 0.00558. The van der Waals surface area contributed by atoms with E-state index in [9.17, 15) is 14.7 Å². The fraction of sp³-hybridized carbons (Fsp3) is 0.410. The van der Waals surface area contributed by atoms with Crippen LogP contribution in [0.5, 0.6) is 5.75 Å². The molecule has 278 valence electrons. The number of aromatic nitrogens is 3. The summed E-state index contributed by atoms with van der Waals surface area (Å²) in [6, 6.07) is 21.2. The molecule has 5 atom stereocenters. The van der Waals surface area contributed by atoms with Crippen molar-refractivity contribution in [1.82, 2.24) is 15.0 Å². The molecule has 4 heterocycles. The highest BCUT2D eigenvalue weighted by Crippen LogP contribution is 2.60. The number of hydrogen-bond donors (Lipinski definition) is 1. The second kappa shape index (κ2) is 14.3. The smallest absolute Gasteiger partial charge is 0.304 e. The van der Waals surface area contributed by atoms with Crippen molar-refractivity contribution in [1.29, 1.82) is 0 Å². The highest BCUT2D eigenvalue weighted by molar-refractivity contribution is 6.91. The van der Waals surface area contributed by atoms with Crippen molar-refractivity contribution in [3.05, 3.63) is 94.8 Å². The number of esters is 1. The summed E-state index contributed by atoms with van der Waals surface area (Å²) in [4.78, 5) is 42.7. The number of aliphatic hydroxyl groups excluding tert-OH is 1. The lowest BCUT2D eigenvalue weighted by molar-refractivity contribution is -0.154. The molecular formula is C39H44ClN5O7Si. The van der Waals surface area contributed by atoms with Gasteiger partial charge in [0.2, 0.25) is 5.91 Å². The third kappa shape index (κ3) is 6.53. The van der Waals surface area contributed by atoms with Crippen LogP contribution in [0.2, 0.25) is 23.7 Å². The summed E-state index contributed by atoms with van der Waals surface area (Å²) in [5.74, 6) is -0.222. The molecule has 3 aromatic carbocycles. The average Bonchev–Trinajstić information content (AvgIpc) is 3.77. The monoisotopic (exact) mass is 757 g/mol. The van der Waals surface area contributed by atoms with Gasteiger partial charge < -0.3 is 24.2 Å². The third-order valence-electron chi connectivity index (χ3n) is 11.1. The SMILES string of the molecule is COc1ccc([Si](C)(C)[C@H]2[C@H](CCn3cc(CCO)nn3)O[C@@]3(C(=O)N(Cc4cccc(N5C(=O)CC5OC(C)=O)c4)c4ccc(Cl)cc43)[C@@H]2C)cc1. The highest BCUT2D eigenvalue weighted by atomic mass is 35.5. The molecule has 0 bridgehead atoms. The molecule has 1 N–H and O–H groups in total. The van der Waals surface area contributed by atoms with Crippen LogP contribution in [-0.2, 0) is 49.0 Å². The van der Waals surface area contributed by atoms with E-state index >= 15 is 4.79 Å². The van der Waals surface area contributed by atoms with E-state index < -0.39 is 25.9 Å². The number of carbonyl (C=O) groups is 3. The van der Waals surface area contributed by atoms with Crippen LogP contribution in [0, 0.1) is 5.92 Å². The molecule has 3 aliphatic heterocycles. The number of fused-ring (bicyclic) bond motifs is 2. The molecule has 14 heteroatoms. The summed E-state index contributed by atoms with van der Waals surface area (Å²) >= 11 is 6.69. The molecule has 1 aromatic heterocycles. The number of aliphatic hydroxyl groups is 1. The normalized spacial score (nSPS) is 23.8. The quantitative estimate of drug-likeness (QED) is 0.121. The Kier molecular flexibility index (Phi) is 9.96. The zero-order valence-electron chi connectivity index (χ0n) is 30.5. The maximum absolute atomic E-state index is 15.2. The van der Waals surface area contributed by atoms with E-state index in [2.05, 4.69) is 42.5 Å². The Labute approximate surface area is 314 Å². The number of nitrogens with zero attached hydrogens (tertiary/aromatic N) is 5. The van der Waals surface area contributed by atoms with E-state index in [4.69, 9.17) is 25.8 Å². The van der Waals surface area contributed by atoms with E-state index in [0.717, 1.165) is 22.6 Å². The van der Waals surface area contributed by atoms with Crippen LogP contribution >= 0.6 is 11.6 Å². The van der Waals surface area contributed by atoms with Crippen LogP contribution in [0.4, 0.5) is 11.4 Å². The van der Waals surface area contributed by atoms with Gasteiger partial charge in [0, 0.05) is 54.9 Å². The van der Waals surface area contributed by atoms with Gasteiger partial charge in [-0.2, -0.15) is 0 Å². The van der Waals surface area contributed by atoms with Crippen molar-refractivity contribution in [2.75, 3.05) is 23.5 Å². The largest absolute Gasteiger partial charge is 0.497 e. The molecule has 0 aliphatic carbocycles. The van der Waals surface area contributed by atoms with Gasteiger partial charge in [-0.25, -0.2) is 0 Å².